The maximum Gasteiger partial charge on any atom is 0.262 e. The van der Waals surface area contributed by atoms with E-state index >= 15 is 0 Å². The molecule has 2 aromatic carbocycles. The summed E-state index contributed by atoms with van der Waals surface area (Å²) < 4.78 is 16.7. The molecule has 6 nitrogen and oxygen atoms in total. The van der Waals surface area contributed by atoms with Crippen molar-refractivity contribution >= 4 is 16.7 Å². The molecule has 1 N–H and O–H groups in total. The monoisotopic (exact) mass is 379 g/mol. The Morgan fingerprint density at radius 2 is 1.79 bits per heavy atom. The summed E-state index contributed by atoms with van der Waals surface area (Å²) in [4.78, 5) is 12.6. The number of hydrogen-bond acceptors (Lipinski definition) is 4. The van der Waals surface area contributed by atoms with Crippen molar-refractivity contribution in [1.29, 1.82) is 0 Å². The fourth-order valence-electron chi connectivity index (χ4n) is 3.62. The van der Waals surface area contributed by atoms with Crippen LogP contribution in [0.4, 0.5) is 4.39 Å². The number of halogens is 1. The van der Waals surface area contributed by atoms with Crippen LogP contribution in [0.25, 0.3) is 16.7 Å². The van der Waals surface area contributed by atoms with Crippen LogP contribution in [0.2, 0.25) is 0 Å². The van der Waals surface area contributed by atoms with E-state index in [9.17, 15) is 9.18 Å². The van der Waals surface area contributed by atoms with Gasteiger partial charge in [-0.15, -0.1) is 10.2 Å². The van der Waals surface area contributed by atoms with Crippen molar-refractivity contribution < 1.29 is 4.39 Å². The van der Waals surface area contributed by atoms with E-state index in [2.05, 4.69) is 29.4 Å². The lowest BCUT2D eigenvalue weighted by atomic mass is 9.96. The maximum absolute atomic E-state index is 13.3. The van der Waals surface area contributed by atoms with E-state index in [0.29, 0.717) is 23.6 Å². The van der Waals surface area contributed by atoms with Gasteiger partial charge in [-0.2, -0.15) is 0 Å². The van der Waals surface area contributed by atoms with Crippen molar-refractivity contribution in [2.24, 2.45) is 13.0 Å². The van der Waals surface area contributed by atoms with Gasteiger partial charge in [-0.05, 0) is 35.7 Å². The first-order chi connectivity index (χ1) is 13.5. The maximum atomic E-state index is 13.3. The van der Waals surface area contributed by atoms with Crippen LogP contribution < -0.4 is 10.9 Å². The number of rotatable bonds is 5. The number of fused-ring (bicyclic) bond motifs is 3. The minimum Gasteiger partial charge on any atom is -0.303 e. The molecule has 0 amide bonds. The molecule has 0 bridgehead atoms. The molecule has 0 spiro atoms. The van der Waals surface area contributed by atoms with Crippen LogP contribution in [0.15, 0.2) is 53.3 Å². The normalized spacial score (nSPS) is 12.9. The van der Waals surface area contributed by atoms with Crippen molar-refractivity contribution in [1.82, 2.24) is 24.5 Å². The molecule has 0 saturated heterocycles. The Labute approximate surface area is 161 Å². The van der Waals surface area contributed by atoms with Gasteiger partial charge in [-0.3, -0.25) is 13.8 Å². The Morgan fingerprint density at radius 3 is 2.50 bits per heavy atom. The molecule has 0 aliphatic carbocycles. The minimum absolute atomic E-state index is 0.0340. The fourth-order valence-corrected chi connectivity index (χ4v) is 3.62. The molecule has 144 valence electrons. The smallest absolute Gasteiger partial charge is 0.262 e. The van der Waals surface area contributed by atoms with Crippen LogP contribution in [-0.2, 0) is 13.6 Å². The SMILES string of the molecule is CC(C)C(NCc1nnc2n(C)c(=O)c3ccccc3n12)c1ccc(F)cc1. The zero-order chi connectivity index (χ0) is 19.8. The quantitative estimate of drug-likeness (QED) is 0.578. The summed E-state index contributed by atoms with van der Waals surface area (Å²) in [5, 5.41) is 12.7. The van der Waals surface area contributed by atoms with E-state index < -0.39 is 0 Å². The number of aryl methyl sites for hydroxylation is 1. The highest BCUT2D eigenvalue weighted by atomic mass is 19.1. The summed E-state index contributed by atoms with van der Waals surface area (Å²) in [5.41, 5.74) is 1.70. The lowest BCUT2D eigenvalue weighted by Gasteiger charge is -2.22. The Balaban J connectivity index is 1.74. The first-order valence-electron chi connectivity index (χ1n) is 9.28. The lowest BCUT2D eigenvalue weighted by molar-refractivity contribution is 0.405. The van der Waals surface area contributed by atoms with Gasteiger partial charge >= 0.3 is 0 Å². The predicted octanol–water partition coefficient (Wildman–Crippen LogP) is 3.21. The molecule has 7 heteroatoms. The van der Waals surface area contributed by atoms with E-state index in [1.165, 1.54) is 16.7 Å². The molecule has 0 aliphatic heterocycles. The van der Waals surface area contributed by atoms with Crippen LogP contribution in [0.1, 0.15) is 31.3 Å². The van der Waals surface area contributed by atoms with Gasteiger partial charge in [0.1, 0.15) is 5.82 Å². The highest BCUT2D eigenvalue weighted by molar-refractivity contribution is 5.80. The number of benzene rings is 2. The predicted molar refractivity (Wildman–Crippen MR) is 107 cm³/mol. The standard InChI is InChI=1S/C21H22FN5O/c1-13(2)19(14-8-10-15(22)11-9-14)23-12-18-24-25-21-26(3)20(28)16-6-4-5-7-17(16)27(18)21/h4-11,13,19,23H,12H2,1-3H3. The molecule has 4 aromatic rings. The van der Waals surface area contributed by atoms with Gasteiger partial charge in [-0.1, -0.05) is 38.1 Å². The third-order valence-corrected chi connectivity index (χ3v) is 5.07. The minimum atomic E-state index is -0.248. The van der Waals surface area contributed by atoms with Gasteiger partial charge in [0.05, 0.1) is 17.4 Å². The summed E-state index contributed by atoms with van der Waals surface area (Å²) >= 11 is 0. The molecule has 1 atom stereocenters. The Morgan fingerprint density at radius 1 is 1.07 bits per heavy atom. The van der Waals surface area contributed by atoms with Crippen molar-refractivity contribution in [3.05, 3.63) is 76.1 Å². The van der Waals surface area contributed by atoms with Crippen molar-refractivity contribution in [2.45, 2.75) is 26.4 Å². The summed E-state index contributed by atoms with van der Waals surface area (Å²) in [6.07, 6.45) is 0. The van der Waals surface area contributed by atoms with Crippen molar-refractivity contribution in [3.8, 4) is 0 Å². The number of nitrogens with zero attached hydrogens (tertiary/aromatic N) is 4. The highest BCUT2D eigenvalue weighted by Crippen LogP contribution is 2.23. The summed E-state index contributed by atoms with van der Waals surface area (Å²) in [6, 6.07) is 14.0. The zero-order valence-electron chi connectivity index (χ0n) is 16.1. The van der Waals surface area contributed by atoms with Crippen LogP contribution in [0.3, 0.4) is 0 Å². The summed E-state index contributed by atoms with van der Waals surface area (Å²) in [5.74, 6) is 1.27. The largest absolute Gasteiger partial charge is 0.303 e. The molecule has 2 aromatic heterocycles. The van der Waals surface area contributed by atoms with Crippen LogP contribution in [0.5, 0.6) is 0 Å². The Hall–Kier alpha value is -3.06. The topological polar surface area (TPSA) is 64.2 Å². The van der Waals surface area contributed by atoms with Gasteiger partial charge in [0.2, 0.25) is 5.78 Å². The molecule has 0 saturated carbocycles. The lowest BCUT2D eigenvalue weighted by Crippen LogP contribution is -2.27. The Bertz CT molecular complexity index is 1190. The first kappa shape index (κ1) is 18.3. The number of para-hydroxylation sites is 1. The van der Waals surface area contributed by atoms with E-state index in [4.69, 9.17) is 0 Å². The van der Waals surface area contributed by atoms with E-state index in [0.717, 1.165) is 16.9 Å². The highest BCUT2D eigenvalue weighted by Gasteiger charge is 2.18. The van der Waals surface area contributed by atoms with E-state index in [-0.39, 0.29) is 17.4 Å². The molecule has 0 radical (unpaired) electrons. The van der Waals surface area contributed by atoms with Crippen LogP contribution in [0, 0.1) is 11.7 Å². The second-order valence-electron chi connectivity index (χ2n) is 7.29. The van der Waals surface area contributed by atoms with Gasteiger partial charge in [0, 0.05) is 13.1 Å². The average molecular weight is 379 g/mol. The number of hydrogen-bond donors (Lipinski definition) is 1. The van der Waals surface area contributed by atoms with E-state index in [1.54, 1.807) is 19.2 Å². The van der Waals surface area contributed by atoms with Crippen molar-refractivity contribution in [3.63, 3.8) is 0 Å². The summed E-state index contributed by atoms with van der Waals surface area (Å²) in [7, 11) is 1.70. The summed E-state index contributed by atoms with van der Waals surface area (Å²) in [6.45, 7) is 4.69. The molecular formula is C21H22FN5O. The second-order valence-corrected chi connectivity index (χ2v) is 7.29. The van der Waals surface area contributed by atoms with Crippen LogP contribution >= 0.6 is 0 Å². The second kappa shape index (κ2) is 7.16. The van der Waals surface area contributed by atoms with Gasteiger partial charge in [-0.25, -0.2) is 4.39 Å². The Kier molecular flexibility index (Phi) is 4.68. The molecule has 2 heterocycles. The molecule has 0 aliphatic rings. The van der Waals surface area contributed by atoms with Gasteiger partial charge in [0.25, 0.3) is 5.56 Å². The fraction of sp³-hybridized carbons (Fsp3) is 0.286. The zero-order valence-corrected chi connectivity index (χ0v) is 16.1. The third kappa shape index (κ3) is 3.07. The van der Waals surface area contributed by atoms with E-state index in [1.807, 2.05) is 28.7 Å². The van der Waals surface area contributed by atoms with Crippen LogP contribution in [-0.4, -0.2) is 19.2 Å². The molecule has 1 unspecified atom stereocenters. The average Bonchev–Trinajstić information content (AvgIpc) is 3.12. The number of aromatic nitrogens is 4. The molecule has 28 heavy (non-hydrogen) atoms. The molecule has 0 fully saturated rings. The third-order valence-electron chi connectivity index (χ3n) is 5.07. The molecule has 4 rings (SSSR count). The van der Waals surface area contributed by atoms with Gasteiger partial charge < -0.3 is 5.32 Å². The van der Waals surface area contributed by atoms with Gasteiger partial charge in [0.15, 0.2) is 5.82 Å². The number of nitrogens with one attached hydrogen (secondary N) is 1. The van der Waals surface area contributed by atoms with Crippen molar-refractivity contribution in [2.75, 3.05) is 0 Å². The first-order valence-corrected chi connectivity index (χ1v) is 9.28. The molecular weight excluding hydrogens is 357 g/mol.